The van der Waals surface area contributed by atoms with Gasteiger partial charge in [-0.1, -0.05) is 0 Å². The molecule has 0 aliphatic carbocycles. The van der Waals surface area contributed by atoms with Gasteiger partial charge in [-0.25, -0.2) is 8.42 Å². The quantitative estimate of drug-likeness (QED) is 0.831. The largest absolute Gasteiger partial charge is 0.364 e. The molecule has 2 heterocycles. The monoisotopic (exact) mass is 297 g/mol. The third kappa shape index (κ3) is 1.74. The molecule has 1 aromatic rings. The van der Waals surface area contributed by atoms with Crippen LogP contribution in [0.5, 0.6) is 0 Å². The predicted molar refractivity (Wildman–Crippen MR) is 56.7 cm³/mol. The van der Waals surface area contributed by atoms with Crippen molar-refractivity contribution < 1.29 is 13.2 Å². The molecular formula is C7H8BrNO3S2. The lowest BCUT2D eigenvalue weighted by atomic mass is 10.7. The number of nitrogens with zero attached hydrogens (tertiary/aromatic N) is 1. The Labute approximate surface area is 94.7 Å². The van der Waals surface area contributed by atoms with Gasteiger partial charge in [0.05, 0.1) is 6.61 Å². The van der Waals surface area contributed by atoms with Crippen LogP contribution in [-0.2, 0) is 14.8 Å². The number of thiophene rings is 1. The van der Waals surface area contributed by atoms with E-state index in [1.165, 1.54) is 15.6 Å². The Bertz CT molecular complexity index is 422. The summed E-state index contributed by atoms with van der Waals surface area (Å²) in [6.45, 7) is 1.07. The minimum absolute atomic E-state index is 0.159. The van der Waals surface area contributed by atoms with Crippen molar-refractivity contribution in [2.45, 2.75) is 4.21 Å². The van der Waals surface area contributed by atoms with Gasteiger partial charge < -0.3 is 4.74 Å². The Morgan fingerprint density at radius 3 is 2.86 bits per heavy atom. The molecule has 4 nitrogen and oxygen atoms in total. The van der Waals surface area contributed by atoms with Crippen LogP contribution in [0.4, 0.5) is 0 Å². The van der Waals surface area contributed by atoms with Crippen LogP contribution in [0.1, 0.15) is 0 Å². The highest BCUT2D eigenvalue weighted by molar-refractivity contribution is 9.10. The summed E-state index contributed by atoms with van der Waals surface area (Å²) in [5.41, 5.74) is 0. The van der Waals surface area contributed by atoms with Gasteiger partial charge in [0.1, 0.15) is 10.9 Å². The van der Waals surface area contributed by atoms with Gasteiger partial charge in [0.25, 0.3) is 10.0 Å². The SMILES string of the molecule is O=S(=O)(c1sccc1Br)N1CCOC1. The van der Waals surface area contributed by atoms with Crippen molar-refractivity contribution in [3.05, 3.63) is 15.9 Å². The fourth-order valence-corrected chi connectivity index (χ4v) is 4.92. The van der Waals surface area contributed by atoms with Crippen molar-refractivity contribution >= 4 is 37.3 Å². The van der Waals surface area contributed by atoms with Crippen LogP contribution in [0, 0.1) is 0 Å². The Morgan fingerprint density at radius 1 is 1.57 bits per heavy atom. The Balaban J connectivity index is 2.37. The third-order valence-corrected chi connectivity index (χ3v) is 6.35. The smallest absolute Gasteiger partial charge is 0.255 e. The van der Waals surface area contributed by atoms with Crippen LogP contribution >= 0.6 is 27.3 Å². The zero-order valence-corrected chi connectivity index (χ0v) is 10.4. The van der Waals surface area contributed by atoms with Crippen molar-refractivity contribution in [1.82, 2.24) is 4.31 Å². The standard InChI is InChI=1S/C7H8BrNO3S2/c8-6-1-4-13-7(6)14(10,11)9-2-3-12-5-9/h1,4H,2-3,5H2. The lowest BCUT2D eigenvalue weighted by molar-refractivity contribution is 0.172. The number of sulfonamides is 1. The van der Waals surface area contributed by atoms with E-state index in [1.807, 2.05) is 0 Å². The lowest BCUT2D eigenvalue weighted by Gasteiger charge is -2.12. The number of ether oxygens (including phenoxy) is 1. The maximum absolute atomic E-state index is 11.9. The van der Waals surface area contributed by atoms with Gasteiger partial charge in [0.15, 0.2) is 0 Å². The molecule has 0 bridgehead atoms. The molecule has 0 amide bonds. The molecule has 1 aliphatic rings. The number of hydrogen-bond acceptors (Lipinski definition) is 4. The second-order valence-electron chi connectivity index (χ2n) is 2.77. The normalized spacial score (nSPS) is 18.9. The zero-order valence-electron chi connectivity index (χ0n) is 7.14. The van der Waals surface area contributed by atoms with Gasteiger partial charge in [-0.05, 0) is 27.4 Å². The fourth-order valence-electron chi connectivity index (χ4n) is 1.17. The first kappa shape index (κ1) is 10.6. The summed E-state index contributed by atoms with van der Waals surface area (Å²) in [5.74, 6) is 0. The second kappa shape index (κ2) is 3.90. The first-order chi connectivity index (χ1) is 6.62. The molecule has 0 spiro atoms. The van der Waals surface area contributed by atoms with Crippen molar-refractivity contribution in [3.63, 3.8) is 0 Å². The maximum Gasteiger partial charge on any atom is 0.255 e. The molecule has 1 saturated heterocycles. The van der Waals surface area contributed by atoms with E-state index in [9.17, 15) is 8.42 Å². The molecule has 0 radical (unpaired) electrons. The van der Waals surface area contributed by atoms with Gasteiger partial charge in [-0.2, -0.15) is 4.31 Å². The number of rotatable bonds is 2. The van der Waals surface area contributed by atoms with Crippen molar-refractivity contribution in [2.24, 2.45) is 0 Å². The average Bonchev–Trinajstić information content (AvgIpc) is 2.72. The topological polar surface area (TPSA) is 46.6 Å². The molecule has 7 heteroatoms. The number of hydrogen-bond donors (Lipinski definition) is 0. The summed E-state index contributed by atoms with van der Waals surface area (Å²) in [6.07, 6.45) is 0. The fraction of sp³-hybridized carbons (Fsp3) is 0.429. The first-order valence-corrected chi connectivity index (χ1v) is 7.04. The molecule has 0 N–H and O–H groups in total. The highest BCUT2D eigenvalue weighted by atomic mass is 79.9. The first-order valence-electron chi connectivity index (χ1n) is 3.93. The Kier molecular flexibility index (Phi) is 2.94. The zero-order chi connectivity index (χ0) is 10.2. The predicted octanol–water partition coefficient (Wildman–Crippen LogP) is 1.49. The van der Waals surface area contributed by atoms with E-state index in [-0.39, 0.29) is 6.73 Å². The van der Waals surface area contributed by atoms with Crippen LogP contribution in [0.15, 0.2) is 20.1 Å². The van der Waals surface area contributed by atoms with E-state index in [0.29, 0.717) is 21.8 Å². The van der Waals surface area contributed by atoms with E-state index in [0.717, 1.165) is 0 Å². The maximum atomic E-state index is 11.9. The van der Waals surface area contributed by atoms with Gasteiger partial charge in [-0.15, -0.1) is 11.3 Å². The minimum atomic E-state index is -3.35. The molecule has 14 heavy (non-hydrogen) atoms. The molecule has 0 aromatic carbocycles. The van der Waals surface area contributed by atoms with E-state index in [2.05, 4.69) is 15.9 Å². The summed E-state index contributed by atoms with van der Waals surface area (Å²) < 4.78 is 31.2. The minimum Gasteiger partial charge on any atom is -0.364 e. The molecule has 0 saturated carbocycles. The van der Waals surface area contributed by atoms with Crippen molar-refractivity contribution in [3.8, 4) is 0 Å². The Hall–Kier alpha value is 0.0500. The van der Waals surface area contributed by atoms with Gasteiger partial charge in [-0.3, -0.25) is 0 Å². The van der Waals surface area contributed by atoms with E-state index >= 15 is 0 Å². The molecule has 1 fully saturated rings. The third-order valence-electron chi connectivity index (χ3n) is 1.88. The van der Waals surface area contributed by atoms with Crippen LogP contribution in [0.3, 0.4) is 0 Å². The molecule has 78 valence electrons. The summed E-state index contributed by atoms with van der Waals surface area (Å²) in [6, 6.07) is 1.73. The van der Waals surface area contributed by atoms with Crippen molar-refractivity contribution in [1.29, 1.82) is 0 Å². The van der Waals surface area contributed by atoms with Crippen molar-refractivity contribution in [2.75, 3.05) is 19.9 Å². The van der Waals surface area contributed by atoms with Crippen LogP contribution in [-0.4, -0.2) is 32.6 Å². The van der Waals surface area contributed by atoms with Gasteiger partial charge >= 0.3 is 0 Å². The van der Waals surface area contributed by atoms with Crippen LogP contribution in [0.2, 0.25) is 0 Å². The summed E-state index contributed by atoms with van der Waals surface area (Å²) in [5, 5.41) is 1.74. The summed E-state index contributed by atoms with van der Waals surface area (Å²) in [4.78, 5) is 0. The molecular weight excluding hydrogens is 290 g/mol. The molecule has 0 unspecified atom stereocenters. The van der Waals surface area contributed by atoms with Gasteiger partial charge in [0.2, 0.25) is 0 Å². The number of halogens is 1. The summed E-state index contributed by atoms with van der Waals surface area (Å²) >= 11 is 4.42. The lowest BCUT2D eigenvalue weighted by Crippen LogP contribution is -2.27. The second-order valence-corrected chi connectivity index (χ2v) is 6.68. The van der Waals surface area contributed by atoms with Gasteiger partial charge in [0, 0.05) is 11.0 Å². The highest BCUT2D eigenvalue weighted by Crippen LogP contribution is 2.30. The molecule has 1 aliphatic heterocycles. The highest BCUT2D eigenvalue weighted by Gasteiger charge is 2.30. The van der Waals surface area contributed by atoms with Crippen LogP contribution < -0.4 is 0 Å². The molecule has 1 aromatic heterocycles. The van der Waals surface area contributed by atoms with E-state index in [1.54, 1.807) is 11.4 Å². The van der Waals surface area contributed by atoms with E-state index < -0.39 is 10.0 Å². The van der Waals surface area contributed by atoms with E-state index in [4.69, 9.17) is 4.74 Å². The van der Waals surface area contributed by atoms with Crippen LogP contribution in [0.25, 0.3) is 0 Å². The molecule has 2 rings (SSSR count). The summed E-state index contributed by atoms with van der Waals surface area (Å²) in [7, 11) is -3.35. The Morgan fingerprint density at radius 2 is 2.36 bits per heavy atom. The average molecular weight is 298 g/mol. The molecule has 0 atom stereocenters.